The molecule has 0 aliphatic rings. The van der Waals surface area contributed by atoms with Gasteiger partial charge in [-0.25, -0.2) is 9.78 Å². The van der Waals surface area contributed by atoms with Gasteiger partial charge >= 0.3 is 11.7 Å². The Kier molecular flexibility index (Phi) is 7.48. The molecule has 2 rings (SSSR count). The number of fused-ring (bicyclic) bond motifs is 1. The number of nitrogens with zero attached hydrogens (tertiary/aromatic N) is 4. The van der Waals surface area contributed by atoms with Crippen molar-refractivity contribution in [3.05, 3.63) is 27.2 Å². The van der Waals surface area contributed by atoms with Crippen LogP contribution >= 0.6 is 15.9 Å². The van der Waals surface area contributed by atoms with Crippen LogP contribution in [0.5, 0.6) is 0 Å². The Labute approximate surface area is 179 Å². The summed E-state index contributed by atoms with van der Waals surface area (Å²) in [6, 6.07) is 0. The van der Waals surface area contributed by atoms with Gasteiger partial charge in [-0.2, -0.15) is 0 Å². The lowest BCUT2D eigenvalue weighted by atomic mass is 9.94. The molecule has 0 bridgehead atoms. The van der Waals surface area contributed by atoms with Gasteiger partial charge in [0, 0.05) is 27.6 Å². The lowest BCUT2D eigenvalue weighted by Crippen LogP contribution is -2.39. The van der Waals surface area contributed by atoms with E-state index < -0.39 is 0 Å². The number of halogens is 1. The predicted octanol–water partition coefficient (Wildman–Crippen LogP) is 2.74. The second-order valence-electron chi connectivity index (χ2n) is 8.31. The number of hydrogen-bond donors (Lipinski definition) is 0. The average molecular weight is 471 g/mol. The number of aryl methyl sites for hydroxylation is 2. The van der Waals surface area contributed by atoms with E-state index >= 15 is 0 Å². The fraction of sp³-hybridized carbons (Fsp3) is 0.700. The molecule has 0 radical (unpaired) electrons. The Bertz CT molecular complexity index is 983. The molecule has 0 fully saturated rings. The number of imidazole rings is 1. The minimum atomic E-state index is -0.343. The minimum Gasteiger partial charge on any atom is -0.461 e. The van der Waals surface area contributed by atoms with Crippen LogP contribution in [0.1, 0.15) is 53.4 Å². The van der Waals surface area contributed by atoms with Crippen molar-refractivity contribution in [1.29, 1.82) is 0 Å². The van der Waals surface area contributed by atoms with Gasteiger partial charge in [-0.05, 0) is 45.4 Å². The summed E-state index contributed by atoms with van der Waals surface area (Å²) in [5.41, 5.74) is 0.196. The smallest absolute Gasteiger partial charge is 0.332 e. The molecule has 29 heavy (non-hydrogen) atoms. The molecule has 9 heteroatoms. The topological polar surface area (TPSA) is 88.1 Å². The van der Waals surface area contributed by atoms with E-state index in [1.165, 1.54) is 16.1 Å². The highest BCUT2D eigenvalue weighted by Crippen LogP contribution is 2.29. The SMILES string of the molecule is CC(=O)OC(CCC(C)CCCn1c(=O)c2c(ncn2C)n(C)c1=O)C(C)(C)Br. The molecule has 0 saturated carbocycles. The van der Waals surface area contributed by atoms with E-state index in [0.29, 0.717) is 23.6 Å². The summed E-state index contributed by atoms with van der Waals surface area (Å²) in [5.74, 6) is 0.0962. The van der Waals surface area contributed by atoms with Gasteiger partial charge in [-0.3, -0.25) is 18.7 Å². The summed E-state index contributed by atoms with van der Waals surface area (Å²) in [7, 11) is 3.38. The maximum absolute atomic E-state index is 12.7. The van der Waals surface area contributed by atoms with Gasteiger partial charge in [-0.1, -0.05) is 22.9 Å². The van der Waals surface area contributed by atoms with Gasteiger partial charge in [0.1, 0.15) is 6.10 Å². The van der Waals surface area contributed by atoms with Gasteiger partial charge in [0.05, 0.1) is 10.7 Å². The van der Waals surface area contributed by atoms with Crippen LogP contribution in [-0.4, -0.2) is 35.1 Å². The van der Waals surface area contributed by atoms with Crippen LogP contribution in [0.25, 0.3) is 11.2 Å². The monoisotopic (exact) mass is 470 g/mol. The maximum Gasteiger partial charge on any atom is 0.332 e. The molecule has 0 N–H and O–H groups in total. The molecule has 0 aliphatic carbocycles. The normalized spacial score (nSPS) is 14.2. The van der Waals surface area contributed by atoms with E-state index in [0.717, 1.165) is 25.7 Å². The van der Waals surface area contributed by atoms with E-state index in [9.17, 15) is 14.4 Å². The van der Waals surface area contributed by atoms with Crippen molar-refractivity contribution in [3.63, 3.8) is 0 Å². The molecular formula is C20H31BrN4O4. The molecule has 0 saturated heterocycles. The standard InChI is InChI=1S/C20H31BrN4O4/c1-13(9-10-15(20(3,4)21)29-14(2)26)8-7-11-25-18(27)16-17(22-12-23(16)5)24(6)19(25)28/h12-13,15H,7-11H2,1-6H3. The number of carbonyl (C=O) groups excluding carboxylic acids is 1. The Hall–Kier alpha value is -1.90. The third-order valence-corrected chi connectivity index (χ3v) is 5.79. The number of hydrogen-bond acceptors (Lipinski definition) is 5. The molecule has 2 aromatic heterocycles. The number of aromatic nitrogens is 4. The number of ether oxygens (including phenoxy) is 1. The van der Waals surface area contributed by atoms with Gasteiger partial charge in [0.15, 0.2) is 11.2 Å². The number of carbonyl (C=O) groups is 1. The molecule has 0 amide bonds. The summed E-state index contributed by atoms with van der Waals surface area (Å²) in [6.07, 6.45) is 4.57. The lowest BCUT2D eigenvalue weighted by molar-refractivity contribution is -0.148. The van der Waals surface area contributed by atoms with Crippen LogP contribution in [0, 0.1) is 5.92 Å². The van der Waals surface area contributed by atoms with Crippen molar-refractivity contribution in [1.82, 2.24) is 18.7 Å². The molecule has 8 nitrogen and oxygen atoms in total. The fourth-order valence-electron chi connectivity index (χ4n) is 3.51. The highest BCUT2D eigenvalue weighted by molar-refractivity contribution is 9.10. The predicted molar refractivity (Wildman–Crippen MR) is 116 cm³/mol. The van der Waals surface area contributed by atoms with Crippen molar-refractivity contribution in [3.8, 4) is 0 Å². The summed E-state index contributed by atoms with van der Waals surface area (Å²) >= 11 is 3.59. The van der Waals surface area contributed by atoms with Gasteiger partial charge in [-0.15, -0.1) is 0 Å². The van der Waals surface area contributed by atoms with E-state index in [4.69, 9.17) is 4.74 Å². The summed E-state index contributed by atoms with van der Waals surface area (Å²) < 4.78 is 9.51. The molecular weight excluding hydrogens is 440 g/mol. The number of alkyl halides is 1. The third-order valence-electron chi connectivity index (χ3n) is 5.28. The van der Waals surface area contributed by atoms with Gasteiger partial charge < -0.3 is 9.30 Å². The van der Waals surface area contributed by atoms with Crippen molar-refractivity contribution >= 4 is 33.1 Å². The average Bonchev–Trinajstić information content (AvgIpc) is 3.00. The summed E-state index contributed by atoms with van der Waals surface area (Å²) in [4.78, 5) is 40.8. The first kappa shape index (κ1) is 23.4. The molecule has 0 spiro atoms. The molecule has 2 unspecified atom stereocenters. The van der Waals surface area contributed by atoms with Crippen LogP contribution in [0.15, 0.2) is 15.9 Å². The molecule has 0 aliphatic heterocycles. The van der Waals surface area contributed by atoms with Crippen LogP contribution in [-0.2, 0) is 30.2 Å². The Balaban J connectivity index is 1.99. The van der Waals surface area contributed by atoms with Crippen LogP contribution in [0.4, 0.5) is 0 Å². The van der Waals surface area contributed by atoms with Gasteiger partial charge in [0.2, 0.25) is 0 Å². The van der Waals surface area contributed by atoms with Crippen molar-refractivity contribution < 1.29 is 9.53 Å². The first-order chi connectivity index (χ1) is 13.4. The zero-order chi connectivity index (χ0) is 21.9. The Morgan fingerprint density at radius 3 is 2.48 bits per heavy atom. The molecule has 0 aromatic carbocycles. The van der Waals surface area contributed by atoms with Crippen LogP contribution < -0.4 is 11.2 Å². The molecule has 2 atom stereocenters. The molecule has 162 valence electrons. The van der Waals surface area contributed by atoms with E-state index in [1.54, 1.807) is 25.0 Å². The van der Waals surface area contributed by atoms with Crippen LogP contribution in [0.3, 0.4) is 0 Å². The number of rotatable bonds is 9. The zero-order valence-electron chi connectivity index (χ0n) is 18.1. The van der Waals surface area contributed by atoms with Crippen LogP contribution in [0.2, 0.25) is 0 Å². The fourth-order valence-corrected chi connectivity index (χ4v) is 3.84. The second-order valence-corrected chi connectivity index (χ2v) is 10.4. The Morgan fingerprint density at radius 1 is 1.24 bits per heavy atom. The number of esters is 1. The quantitative estimate of drug-likeness (QED) is 0.415. The lowest BCUT2D eigenvalue weighted by Gasteiger charge is -2.29. The summed E-state index contributed by atoms with van der Waals surface area (Å²) in [6.45, 7) is 7.90. The molecule has 2 aromatic rings. The van der Waals surface area contributed by atoms with Crippen molar-refractivity contribution in [2.24, 2.45) is 20.0 Å². The highest BCUT2D eigenvalue weighted by Gasteiger charge is 2.29. The minimum absolute atomic E-state index is 0.204. The van der Waals surface area contributed by atoms with E-state index in [1.807, 2.05) is 13.8 Å². The van der Waals surface area contributed by atoms with Gasteiger partial charge in [0.25, 0.3) is 5.56 Å². The zero-order valence-corrected chi connectivity index (χ0v) is 19.7. The van der Waals surface area contributed by atoms with E-state index in [2.05, 4.69) is 27.8 Å². The van der Waals surface area contributed by atoms with E-state index in [-0.39, 0.29) is 27.6 Å². The molecule has 2 heterocycles. The largest absolute Gasteiger partial charge is 0.461 e. The first-order valence-corrected chi connectivity index (χ1v) is 10.7. The van der Waals surface area contributed by atoms with Crippen molar-refractivity contribution in [2.45, 2.75) is 70.4 Å². The second kappa shape index (κ2) is 9.28. The third kappa shape index (κ3) is 5.58. The van der Waals surface area contributed by atoms with Crippen molar-refractivity contribution in [2.75, 3.05) is 0 Å². The summed E-state index contributed by atoms with van der Waals surface area (Å²) in [5, 5.41) is 0. The highest BCUT2D eigenvalue weighted by atomic mass is 79.9. The maximum atomic E-state index is 12.7. The first-order valence-electron chi connectivity index (χ1n) is 9.90. The Morgan fingerprint density at radius 2 is 1.90 bits per heavy atom.